The van der Waals surface area contributed by atoms with Crippen molar-refractivity contribution in [3.63, 3.8) is 0 Å². The van der Waals surface area contributed by atoms with Gasteiger partial charge >= 0.3 is 0 Å². The summed E-state index contributed by atoms with van der Waals surface area (Å²) in [5.41, 5.74) is 0.874. The van der Waals surface area contributed by atoms with Gasteiger partial charge < -0.3 is 0 Å². The standard InChI is InChI=1S/C12H9FN4S/c13-10-4-1-9(2-5-10)3-6-11-15-12(17-16-11)18-8-7-14/h1-6H,8H2,(H,15,16,17). The van der Waals surface area contributed by atoms with Crippen LogP contribution in [0.15, 0.2) is 29.4 Å². The number of nitriles is 1. The number of hydrogen-bond donors (Lipinski definition) is 1. The van der Waals surface area contributed by atoms with E-state index < -0.39 is 0 Å². The van der Waals surface area contributed by atoms with Crippen LogP contribution in [0.5, 0.6) is 0 Å². The van der Waals surface area contributed by atoms with Crippen LogP contribution in [-0.2, 0) is 0 Å². The number of hydrogen-bond acceptors (Lipinski definition) is 4. The number of rotatable bonds is 4. The Labute approximate surface area is 108 Å². The molecule has 1 N–H and O–H groups in total. The molecule has 4 nitrogen and oxygen atoms in total. The predicted octanol–water partition coefficient (Wildman–Crippen LogP) is 2.73. The third-order valence-corrected chi connectivity index (χ3v) is 2.77. The van der Waals surface area contributed by atoms with Gasteiger partial charge in [-0.2, -0.15) is 5.26 Å². The number of benzene rings is 1. The second kappa shape index (κ2) is 5.98. The van der Waals surface area contributed by atoms with E-state index in [4.69, 9.17) is 5.26 Å². The van der Waals surface area contributed by atoms with Crippen molar-refractivity contribution in [3.05, 3.63) is 41.5 Å². The van der Waals surface area contributed by atoms with Crippen molar-refractivity contribution in [1.82, 2.24) is 15.2 Å². The summed E-state index contributed by atoms with van der Waals surface area (Å²) in [5, 5.41) is 15.7. The molecule has 0 atom stereocenters. The van der Waals surface area contributed by atoms with Crippen LogP contribution in [0, 0.1) is 17.1 Å². The minimum Gasteiger partial charge on any atom is -0.259 e. The third-order valence-electron chi connectivity index (χ3n) is 2.05. The van der Waals surface area contributed by atoms with E-state index in [1.165, 1.54) is 23.9 Å². The van der Waals surface area contributed by atoms with Gasteiger partial charge in [0.1, 0.15) is 11.6 Å². The quantitative estimate of drug-likeness (QED) is 0.858. The molecule has 0 bridgehead atoms. The van der Waals surface area contributed by atoms with Gasteiger partial charge in [-0.3, -0.25) is 5.10 Å². The topological polar surface area (TPSA) is 65.4 Å². The largest absolute Gasteiger partial charge is 0.259 e. The first-order chi connectivity index (χ1) is 8.78. The van der Waals surface area contributed by atoms with Gasteiger partial charge in [-0.25, -0.2) is 9.37 Å². The molecule has 0 fully saturated rings. The Morgan fingerprint density at radius 3 is 2.83 bits per heavy atom. The van der Waals surface area contributed by atoms with Gasteiger partial charge in [0.25, 0.3) is 0 Å². The molecule has 2 rings (SSSR count). The molecule has 18 heavy (non-hydrogen) atoms. The van der Waals surface area contributed by atoms with Crippen LogP contribution in [0.3, 0.4) is 0 Å². The summed E-state index contributed by atoms with van der Waals surface area (Å²) in [6, 6.07) is 8.15. The van der Waals surface area contributed by atoms with Crippen molar-refractivity contribution in [2.75, 3.05) is 5.75 Å². The Morgan fingerprint density at radius 1 is 1.33 bits per heavy atom. The fraction of sp³-hybridized carbons (Fsp3) is 0.0833. The van der Waals surface area contributed by atoms with E-state index in [-0.39, 0.29) is 5.82 Å². The zero-order valence-corrected chi connectivity index (χ0v) is 10.1. The molecule has 1 heterocycles. The lowest BCUT2D eigenvalue weighted by atomic mass is 10.2. The second-order valence-corrected chi connectivity index (χ2v) is 4.28. The molecule has 1 aromatic carbocycles. The molecule has 0 saturated carbocycles. The maximum absolute atomic E-state index is 12.7. The Kier molecular flexibility index (Phi) is 4.10. The SMILES string of the molecule is N#CCSc1n[nH]c(C=Cc2ccc(F)cc2)n1. The molecule has 0 aliphatic rings. The van der Waals surface area contributed by atoms with Gasteiger partial charge in [0.15, 0.2) is 0 Å². The van der Waals surface area contributed by atoms with Gasteiger partial charge in [-0.15, -0.1) is 5.10 Å². The van der Waals surface area contributed by atoms with Crippen molar-refractivity contribution in [3.8, 4) is 6.07 Å². The summed E-state index contributed by atoms with van der Waals surface area (Å²) in [6.07, 6.45) is 3.55. The van der Waals surface area contributed by atoms with Crippen LogP contribution in [0.1, 0.15) is 11.4 Å². The molecular weight excluding hydrogens is 251 g/mol. The molecule has 2 aromatic rings. The highest BCUT2D eigenvalue weighted by atomic mass is 32.2. The average molecular weight is 260 g/mol. The maximum atomic E-state index is 12.7. The summed E-state index contributed by atoms with van der Waals surface area (Å²) in [6.45, 7) is 0. The van der Waals surface area contributed by atoms with Gasteiger partial charge in [0.05, 0.1) is 11.8 Å². The number of aromatic amines is 1. The molecule has 0 aliphatic carbocycles. The van der Waals surface area contributed by atoms with Crippen molar-refractivity contribution < 1.29 is 4.39 Å². The summed E-state index contributed by atoms with van der Waals surface area (Å²) in [7, 11) is 0. The van der Waals surface area contributed by atoms with Crippen LogP contribution in [0.2, 0.25) is 0 Å². The van der Waals surface area contributed by atoms with Gasteiger partial charge in [0.2, 0.25) is 5.16 Å². The van der Waals surface area contributed by atoms with E-state index in [0.29, 0.717) is 16.7 Å². The number of thioether (sulfide) groups is 1. The van der Waals surface area contributed by atoms with Gasteiger partial charge in [-0.05, 0) is 23.8 Å². The number of H-pyrrole nitrogens is 1. The number of nitrogens with zero attached hydrogens (tertiary/aromatic N) is 3. The van der Waals surface area contributed by atoms with Crippen LogP contribution in [-0.4, -0.2) is 20.9 Å². The summed E-state index contributed by atoms with van der Waals surface area (Å²) >= 11 is 1.27. The van der Waals surface area contributed by atoms with E-state index in [0.717, 1.165) is 5.56 Å². The molecule has 0 spiro atoms. The molecule has 6 heteroatoms. The van der Waals surface area contributed by atoms with Crippen LogP contribution in [0.4, 0.5) is 4.39 Å². The lowest BCUT2D eigenvalue weighted by molar-refractivity contribution is 0.628. The van der Waals surface area contributed by atoms with E-state index in [2.05, 4.69) is 15.2 Å². The molecule has 90 valence electrons. The highest BCUT2D eigenvalue weighted by molar-refractivity contribution is 7.99. The highest BCUT2D eigenvalue weighted by Gasteiger charge is 2.00. The molecule has 0 aliphatic heterocycles. The smallest absolute Gasteiger partial charge is 0.209 e. The Morgan fingerprint density at radius 2 is 2.11 bits per heavy atom. The molecule has 0 amide bonds. The zero-order chi connectivity index (χ0) is 12.8. The van der Waals surface area contributed by atoms with E-state index in [1.54, 1.807) is 24.3 Å². The summed E-state index contributed by atoms with van der Waals surface area (Å²) in [5.74, 6) is 0.653. The molecule has 1 aromatic heterocycles. The molecular formula is C12H9FN4S. The van der Waals surface area contributed by atoms with Gasteiger partial charge in [0, 0.05) is 0 Å². The van der Waals surface area contributed by atoms with Crippen LogP contribution >= 0.6 is 11.8 Å². The highest BCUT2D eigenvalue weighted by Crippen LogP contribution is 2.12. The number of halogens is 1. The maximum Gasteiger partial charge on any atom is 0.209 e. The van der Waals surface area contributed by atoms with Crippen LogP contribution in [0.25, 0.3) is 12.2 Å². The van der Waals surface area contributed by atoms with Crippen molar-refractivity contribution >= 4 is 23.9 Å². The molecule has 0 saturated heterocycles. The normalized spacial score (nSPS) is 10.7. The Bertz CT molecular complexity index is 583. The number of aromatic nitrogens is 3. The first-order valence-corrected chi connectivity index (χ1v) is 6.12. The third kappa shape index (κ3) is 3.43. The second-order valence-electron chi connectivity index (χ2n) is 3.33. The van der Waals surface area contributed by atoms with Crippen molar-refractivity contribution in [2.24, 2.45) is 0 Å². The Balaban J connectivity index is 2.02. The average Bonchev–Trinajstić information content (AvgIpc) is 2.84. The van der Waals surface area contributed by atoms with Gasteiger partial charge in [-0.1, -0.05) is 30.0 Å². The van der Waals surface area contributed by atoms with Crippen molar-refractivity contribution in [2.45, 2.75) is 5.16 Å². The minimum absolute atomic E-state index is 0.262. The summed E-state index contributed by atoms with van der Waals surface area (Å²) < 4.78 is 12.7. The minimum atomic E-state index is -0.262. The predicted molar refractivity (Wildman–Crippen MR) is 68.0 cm³/mol. The number of nitrogens with one attached hydrogen (secondary N) is 1. The van der Waals surface area contributed by atoms with E-state index in [9.17, 15) is 4.39 Å². The molecule has 0 radical (unpaired) electrons. The van der Waals surface area contributed by atoms with Crippen molar-refractivity contribution in [1.29, 1.82) is 5.26 Å². The van der Waals surface area contributed by atoms with E-state index in [1.807, 2.05) is 6.07 Å². The van der Waals surface area contributed by atoms with Crippen LogP contribution < -0.4 is 0 Å². The first kappa shape index (κ1) is 12.3. The molecule has 0 unspecified atom stereocenters. The lowest BCUT2D eigenvalue weighted by Crippen LogP contribution is -1.77. The summed E-state index contributed by atoms with van der Waals surface area (Å²) in [4.78, 5) is 4.16. The van der Waals surface area contributed by atoms with E-state index >= 15 is 0 Å². The first-order valence-electron chi connectivity index (χ1n) is 5.14. The lowest BCUT2D eigenvalue weighted by Gasteiger charge is -1.91. The Hall–Kier alpha value is -2.13. The zero-order valence-electron chi connectivity index (χ0n) is 9.30. The fourth-order valence-corrected chi connectivity index (χ4v) is 1.71. The monoisotopic (exact) mass is 260 g/mol. The fourth-order valence-electron chi connectivity index (χ4n) is 1.24.